The molecule has 21 saturated heterocycles. The summed E-state index contributed by atoms with van der Waals surface area (Å²) in [5.41, 5.74) is 0. The van der Waals surface area contributed by atoms with Crippen molar-refractivity contribution in [3.8, 4) is 0 Å². The summed E-state index contributed by atoms with van der Waals surface area (Å²) in [5, 5.41) is 230. The number of aliphatic hydroxyl groups is 21. The van der Waals surface area contributed by atoms with E-state index in [2.05, 4.69) is 0 Å². The monoisotopic (exact) mass is 1130 g/mol. The van der Waals surface area contributed by atoms with E-state index in [1.54, 1.807) is 0 Å². The van der Waals surface area contributed by atoms with Gasteiger partial charge in [-0.3, -0.25) is 0 Å². The number of ether oxygens (including phenoxy) is 14. The standard InChI is InChI=1S/C42H70O35/c43-1-8-29-15(50)22(57)36(64-8)72-30-9(2-44)66-38(24(59)17(30)52)74-32-11(4-46)68-40(26(61)19(32)54)76-34-13(6-48)70-42(28(63)21(34)56)77-35-14(7-49)69-41(27(62)20(35)55)75-33-12(5-47)67-39(25(60)18(33)53)73-31-10(3-45)65-37(71-29)23(58)16(31)51/h8-63H,1-7H2/t8-,9-,10-,11-,12-,13-,14-,15-,16-,17-,18-,19-,20-,21-,22-,23-,24-,25-,26-,27-,28-,29-,30-,31-,32?,33?,34-,35?,36?,37?,38?,39?,40?,41?,42?/m1/s1. The van der Waals surface area contributed by atoms with Gasteiger partial charge in [0.1, 0.15) is 171 Å². The molecule has 77 heavy (non-hydrogen) atoms. The van der Waals surface area contributed by atoms with E-state index in [0.29, 0.717) is 0 Å². The van der Waals surface area contributed by atoms with E-state index >= 15 is 0 Å². The van der Waals surface area contributed by atoms with Crippen LogP contribution in [0.5, 0.6) is 0 Å². The lowest BCUT2D eigenvalue weighted by molar-refractivity contribution is -0.396. The summed E-state index contributed by atoms with van der Waals surface area (Å²) >= 11 is 0. The van der Waals surface area contributed by atoms with Crippen molar-refractivity contribution < 1.29 is 174 Å². The summed E-state index contributed by atoms with van der Waals surface area (Å²) in [6, 6.07) is 0. The van der Waals surface area contributed by atoms with Crippen molar-refractivity contribution in [2.24, 2.45) is 0 Å². The third-order valence-corrected chi connectivity index (χ3v) is 14.8. The van der Waals surface area contributed by atoms with Crippen LogP contribution in [0.2, 0.25) is 0 Å². The molecule has 35 nitrogen and oxygen atoms in total. The summed E-state index contributed by atoms with van der Waals surface area (Å²) in [5.74, 6) is 0. The fraction of sp³-hybridized carbons (Fsp3) is 1.00. The Balaban J connectivity index is 1.08. The first-order valence-corrected chi connectivity index (χ1v) is 24.6. The molecule has 0 spiro atoms. The van der Waals surface area contributed by atoms with Gasteiger partial charge in [0.15, 0.2) is 44.0 Å². The lowest BCUT2D eigenvalue weighted by atomic mass is 9.95. The highest BCUT2D eigenvalue weighted by Gasteiger charge is 2.59. The molecule has 0 aliphatic carbocycles. The van der Waals surface area contributed by atoms with Crippen LogP contribution in [0.25, 0.3) is 0 Å². The summed E-state index contributed by atoms with van der Waals surface area (Å²) in [7, 11) is 0. The maximum Gasteiger partial charge on any atom is 0.187 e. The van der Waals surface area contributed by atoms with Gasteiger partial charge in [-0.05, 0) is 0 Å². The zero-order chi connectivity index (χ0) is 56.1. The maximum atomic E-state index is 11.3. The first-order valence-electron chi connectivity index (χ1n) is 24.6. The third-order valence-electron chi connectivity index (χ3n) is 14.8. The van der Waals surface area contributed by atoms with Gasteiger partial charge < -0.3 is 174 Å². The van der Waals surface area contributed by atoms with Gasteiger partial charge in [0, 0.05) is 0 Å². The van der Waals surface area contributed by atoms with Crippen LogP contribution in [0, 0.1) is 0 Å². The van der Waals surface area contributed by atoms with Crippen LogP contribution in [0.1, 0.15) is 0 Å². The van der Waals surface area contributed by atoms with Crippen LogP contribution in [0.4, 0.5) is 0 Å². The van der Waals surface area contributed by atoms with E-state index < -0.39 is 261 Å². The van der Waals surface area contributed by atoms with Crippen LogP contribution in [-0.2, 0) is 66.3 Å². The summed E-state index contributed by atoms with van der Waals surface area (Å²) < 4.78 is 79.5. The van der Waals surface area contributed by atoms with E-state index in [1.165, 1.54) is 0 Å². The van der Waals surface area contributed by atoms with E-state index in [-0.39, 0.29) is 0 Å². The molecule has 10 unspecified atom stereocenters. The first kappa shape index (κ1) is 61.7. The molecule has 0 aromatic heterocycles. The Kier molecular flexibility index (Phi) is 20.8. The molecule has 0 aromatic carbocycles. The highest BCUT2D eigenvalue weighted by molar-refractivity contribution is 5.01. The Hall–Kier alpha value is -1.40. The van der Waals surface area contributed by atoms with Gasteiger partial charge in [0.2, 0.25) is 0 Å². The molecule has 21 heterocycles. The fourth-order valence-electron chi connectivity index (χ4n) is 10.4. The number of rotatable bonds is 7. The molecule has 0 aromatic rings. The Bertz CT molecular complexity index is 1470. The summed E-state index contributed by atoms with van der Waals surface area (Å²) in [6.07, 6.45) is -70.2. The van der Waals surface area contributed by atoms with E-state index in [1.807, 2.05) is 0 Å². The van der Waals surface area contributed by atoms with Gasteiger partial charge in [-0.15, -0.1) is 0 Å². The zero-order valence-corrected chi connectivity index (χ0v) is 40.3. The lowest BCUT2D eigenvalue weighted by Gasteiger charge is -2.50. The molecule has 448 valence electrons. The second-order valence-electron chi connectivity index (χ2n) is 19.7. The van der Waals surface area contributed by atoms with Crippen LogP contribution in [-0.4, -0.2) is 368 Å². The second-order valence-corrected chi connectivity index (χ2v) is 19.7. The van der Waals surface area contributed by atoms with Gasteiger partial charge in [0.05, 0.1) is 46.2 Å². The average molecular weight is 1130 g/mol. The quantitative estimate of drug-likeness (QED) is 0.113. The number of hydrogen-bond acceptors (Lipinski definition) is 35. The SMILES string of the molecule is OC[C@H]1OC2OC3[C@@H](CO)OC(O[C@H]4[C@H](O)[C@@H](O)C(O[C@H]5[C@H](O)[C@@H](O)C(O[C@H]6[C@H](O)[C@@H](O)C(OC7[C@@H](CO)OC(O[C@H]8[C@H](O)[C@@H](O)C(OC1[C@H](O)[C@H]2O)O[C@@H]8CO)[C@H](O)[C@H]7O)O[C@@H]6CO)O[C@@H]5CO)O[C@@H]4CO)[C@H](O)[C@H]3O. The molecule has 21 aliphatic heterocycles. The largest absolute Gasteiger partial charge is 0.394 e. The molecule has 21 aliphatic rings. The van der Waals surface area contributed by atoms with Crippen molar-refractivity contribution in [1.29, 1.82) is 0 Å². The van der Waals surface area contributed by atoms with Crippen LogP contribution in [0.3, 0.4) is 0 Å². The smallest absolute Gasteiger partial charge is 0.187 e. The topological polar surface area (TPSA) is 554 Å². The van der Waals surface area contributed by atoms with Crippen LogP contribution in [0.15, 0.2) is 0 Å². The Morgan fingerprint density at radius 1 is 0.156 bits per heavy atom. The highest BCUT2D eigenvalue weighted by Crippen LogP contribution is 2.39. The molecule has 0 amide bonds. The summed E-state index contributed by atoms with van der Waals surface area (Å²) in [6.45, 7) is -7.33. The van der Waals surface area contributed by atoms with E-state index in [0.717, 1.165) is 0 Å². The van der Waals surface area contributed by atoms with Crippen molar-refractivity contribution in [2.75, 3.05) is 46.2 Å². The first-order chi connectivity index (χ1) is 36.7. The molecule has 21 fully saturated rings. The van der Waals surface area contributed by atoms with Gasteiger partial charge >= 0.3 is 0 Å². The van der Waals surface area contributed by atoms with Crippen molar-refractivity contribution in [3.05, 3.63) is 0 Å². The molecule has 14 bridgehead atoms. The predicted molar refractivity (Wildman–Crippen MR) is 228 cm³/mol. The minimum atomic E-state index is -2.21. The van der Waals surface area contributed by atoms with Crippen molar-refractivity contribution >= 4 is 0 Å². The van der Waals surface area contributed by atoms with Gasteiger partial charge in [0.25, 0.3) is 0 Å². The fourth-order valence-corrected chi connectivity index (χ4v) is 10.4. The van der Waals surface area contributed by atoms with E-state index in [4.69, 9.17) is 66.3 Å². The zero-order valence-electron chi connectivity index (χ0n) is 40.3. The molecular formula is C42H70O35. The number of hydrogen-bond donors (Lipinski definition) is 21. The Labute approximate surface area is 434 Å². The molecule has 21 rings (SSSR count). The molecule has 21 N–H and O–H groups in total. The minimum Gasteiger partial charge on any atom is -0.394 e. The molecule has 0 saturated carbocycles. The molecule has 0 radical (unpaired) electrons. The van der Waals surface area contributed by atoms with Crippen molar-refractivity contribution in [1.82, 2.24) is 0 Å². The average Bonchev–Trinajstić information content (AvgIpc) is 3.43. The van der Waals surface area contributed by atoms with Gasteiger partial charge in [-0.1, -0.05) is 0 Å². The Morgan fingerprint density at radius 3 is 0.351 bits per heavy atom. The second kappa shape index (κ2) is 26.0. The van der Waals surface area contributed by atoms with Crippen LogP contribution >= 0.6 is 0 Å². The lowest BCUT2D eigenvalue weighted by Crippen LogP contribution is -2.68. The molecule has 35 atom stereocenters. The maximum absolute atomic E-state index is 11.3. The van der Waals surface area contributed by atoms with Crippen LogP contribution < -0.4 is 0 Å². The third kappa shape index (κ3) is 12.1. The Morgan fingerprint density at radius 2 is 0.260 bits per heavy atom. The summed E-state index contributed by atoms with van der Waals surface area (Å²) in [4.78, 5) is 0. The van der Waals surface area contributed by atoms with Crippen molar-refractivity contribution in [3.63, 3.8) is 0 Å². The van der Waals surface area contributed by atoms with Gasteiger partial charge in [-0.25, -0.2) is 0 Å². The normalized spacial score (nSPS) is 55.4. The predicted octanol–water partition coefficient (Wildman–Crippen LogP) is -15.2. The van der Waals surface area contributed by atoms with E-state index in [9.17, 15) is 107 Å². The highest BCUT2D eigenvalue weighted by atomic mass is 16.8. The molecular weight excluding hydrogens is 1060 g/mol. The minimum absolute atomic E-state index is 1.05. The van der Waals surface area contributed by atoms with Crippen molar-refractivity contribution in [2.45, 2.75) is 215 Å². The van der Waals surface area contributed by atoms with Gasteiger partial charge in [-0.2, -0.15) is 0 Å². The molecule has 35 heteroatoms. The number of aliphatic hydroxyl groups excluding tert-OH is 21.